The van der Waals surface area contributed by atoms with Crippen LogP contribution in [0.1, 0.15) is 0 Å². The molecule has 0 aliphatic heterocycles. The monoisotopic (exact) mass is 345 g/mol. The van der Waals surface area contributed by atoms with E-state index in [0.29, 0.717) is 4.47 Å². The SMILES string of the molecule is O=S(=O)(CBr)Nc1ccc(Br)cc1F. The number of alkyl halides is 1. The number of hydrogen-bond donors (Lipinski definition) is 1. The zero-order valence-electron chi connectivity index (χ0n) is 6.80. The average molecular weight is 347 g/mol. The second kappa shape index (κ2) is 4.59. The van der Waals surface area contributed by atoms with Crippen molar-refractivity contribution in [2.75, 3.05) is 9.38 Å². The highest BCUT2D eigenvalue weighted by atomic mass is 79.9. The number of nitrogens with one attached hydrogen (secondary N) is 1. The van der Waals surface area contributed by atoms with E-state index in [1.807, 2.05) is 0 Å². The molecule has 14 heavy (non-hydrogen) atoms. The molecule has 0 bridgehead atoms. The van der Waals surface area contributed by atoms with Gasteiger partial charge in [0.05, 0.1) is 5.69 Å². The first kappa shape index (κ1) is 11.9. The summed E-state index contributed by atoms with van der Waals surface area (Å²) < 4.78 is 37.7. The Balaban J connectivity index is 2.99. The minimum atomic E-state index is -3.50. The maximum atomic E-state index is 13.1. The Labute approximate surface area is 98.0 Å². The predicted octanol–water partition coefficient (Wildman–Crippen LogP) is 2.68. The molecule has 78 valence electrons. The Morgan fingerprint density at radius 1 is 1.43 bits per heavy atom. The van der Waals surface area contributed by atoms with Crippen LogP contribution in [0.2, 0.25) is 0 Å². The van der Waals surface area contributed by atoms with Gasteiger partial charge < -0.3 is 0 Å². The van der Waals surface area contributed by atoms with E-state index in [2.05, 4.69) is 36.6 Å². The molecular weight excluding hydrogens is 341 g/mol. The highest BCUT2D eigenvalue weighted by Crippen LogP contribution is 2.20. The van der Waals surface area contributed by atoms with E-state index in [9.17, 15) is 12.8 Å². The van der Waals surface area contributed by atoms with Gasteiger partial charge in [0.2, 0.25) is 10.0 Å². The summed E-state index contributed by atoms with van der Waals surface area (Å²) in [6.45, 7) is 0. The van der Waals surface area contributed by atoms with Crippen molar-refractivity contribution in [1.82, 2.24) is 0 Å². The van der Waals surface area contributed by atoms with E-state index in [0.717, 1.165) is 0 Å². The lowest BCUT2D eigenvalue weighted by atomic mass is 10.3. The molecule has 1 aromatic carbocycles. The predicted molar refractivity (Wildman–Crippen MR) is 60.4 cm³/mol. The first-order valence-corrected chi connectivity index (χ1v) is 7.03. The Hall–Kier alpha value is -0.140. The third-order valence-corrected chi connectivity index (χ3v) is 4.46. The highest BCUT2D eigenvalue weighted by Gasteiger charge is 2.11. The molecular formula is C7H6Br2FNO2S. The van der Waals surface area contributed by atoms with Crippen molar-refractivity contribution in [2.45, 2.75) is 0 Å². The van der Waals surface area contributed by atoms with Gasteiger partial charge in [-0.25, -0.2) is 12.8 Å². The number of anilines is 1. The highest BCUT2D eigenvalue weighted by molar-refractivity contribution is 9.11. The van der Waals surface area contributed by atoms with Gasteiger partial charge in [-0.2, -0.15) is 0 Å². The minimum absolute atomic E-state index is 0.0624. The minimum Gasteiger partial charge on any atom is -0.280 e. The molecule has 0 aromatic heterocycles. The Morgan fingerprint density at radius 3 is 2.57 bits per heavy atom. The van der Waals surface area contributed by atoms with Gasteiger partial charge >= 0.3 is 0 Å². The van der Waals surface area contributed by atoms with Gasteiger partial charge in [-0.1, -0.05) is 31.9 Å². The van der Waals surface area contributed by atoms with Crippen molar-refractivity contribution in [3.05, 3.63) is 28.5 Å². The number of halogens is 3. The molecule has 0 radical (unpaired) electrons. The van der Waals surface area contributed by atoms with E-state index in [1.165, 1.54) is 12.1 Å². The topological polar surface area (TPSA) is 46.2 Å². The lowest BCUT2D eigenvalue weighted by Gasteiger charge is -2.06. The summed E-state index contributed by atoms with van der Waals surface area (Å²) in [6.07, 6.45) is 0. The van der Waals surface area contributed by atoms with Crippen molar-refractivity contribution in [1.29, 1.82) is 0 Å². The van der Waals surface area contributed by atoms with Crippen LogP contribution in [0.15, 0.2) is 22.7 Å². The zero-order chi connectivity index (χ0) is 10.8. The van der Waals surface area contributed by atoms with Gasteiger partial charge in [-0.05, 0) is 18.2 Å². The zero-order valence-corrected chi connectivity index (χ0v) is 10.8. The molecule has 0 unspecified atom stereocenters. The van der Waals surface area contributed by atoms with Gasteiger partial charge in [0.25, 0.3) is 0 Å². The second-order valence-corrected chi connectivity index (χ2v) is 6.39. The van der Waals surface area contributed by atoms with E-state index >= 15 is 0 Å². The number of sulfonamides is 1. The van der Waals surface area contributed by atoms with E-state index < -0.39 is 15.8 Å². The lowest BCUT2D eigenvalue weighted by molar-refractivity contribution is 0.603. The third kappa shape index (κ3) is 3.21. The molecule has 0 saturated carbocycles. The van der Waals surface area contributed by atoms with Crippen LogP contribution in [0.5, 0.6) is 0 Å². The van der Waals surface area contributed by atoms with Crippen molar-refractivity contribution in [3.8, 4) is 0 Å². The molecule has 0 aliphatic carbocycles. The van der Waals surface area contributed by atoms with Crippen molar-refractivity contribution >= 4 is 47.6 Å². The van der Waals surface area contributed by atoms with Crippen molar-refractivity contribution in [3.63, 3.8) is 0 Å². The normalized spacial score (nSPS) is 11.4. The molecule has 1 rings (SSSR count). The lowest BCUT2D eigenvalue weighted by Crippen LogP contribution is -2.14. The summed E-state index contributed by atoms with van der Waals surface area (Å²) >= 11 is 5.85. The Bertz CT molecular complexity index is 435. The fourth-order valence-corrected chi connectivity index (χ4v) is 2.00. The molecule has 0 aliphatic rings. The molecule has 1 N–H and O–H groups in total. The summed E-state index contributed by atoms with van der Waals surface area (Å²) in [5.41, 5.74) is -0.0624. The quantitative estimate of drug-likeness (QED) is 0.855. The summed E-state index contributed by atoms with van der Waals surface area (Å²) in [6, 6.07) is 4.08. The van der Waals surface area contributed by atoms with Crippen LogP contribution in [0, 0.1) is 5.82 Å². The van der Waals surface area contributed by atoms with Gasteiger partial charge in [-0.3, -0.25) is 4.72 Å². The van der Waals surface area contributed by atoms with Crippen LogP contribution in [-0.4, -0.2) is 13.1 Å². The van der Waals surface area contributed by atoms with Crippen molar-refractivity contribution in [2.24, 2.45) is 0 Å². The molecule has 0 saturated heterocycles. The standard InChI is InChI=1S/C7H6Br2FNO2S/c8-4-14(12,13)11-7-2-1-5(9)3-6(7)10/h1-3,11H,4H2. The van der Waals surface area contributed by atoms with Crippen LogP contribution in [0.4, 0.5) is 10.1 Å². The van der Waals surface area contributed by atoms with Crippen LogP contribution >= 0.6 is 31.9 Å². The summed E-state index contributed by atoms with van der Waals surface area (Å²) in [5.74, 6) is -0.621. The molecule has 0 atom stereocenters. The van der Waals surface area contributed by atoms with Crippen LogP contribution in [-0.2, 0) is 10.0 Å². The van der Waals surface area contributed by atoms with E-state index in [-0.39, 0.29) is 10.3 Å². The molecule has 0 fully saturated rings. The van der Waals surface area contributed by atoms with Gasteiger partial charge in [0.15, 0.2) is 0 Å². The van der Waals surface area contributed by atoms with Gasteiger partial charge in [0.1, 0.15) is 10.5 Å². The fraction of sp³-hybridized carbons (Fsp3) is 0.143. The maximum absolute atomic E-state index is 13.1. The van der Waals surface area contributed by atoms with Gasteiger partial charge in [-0.15, -0.1) is 0 Å². The Kier molecular flexibility index (Phi) is 3.91. The second-order valence-electron chi connectivity index (χ2n) is 2.45. The van der Waals surface area contributed by atoms with Crippen LogP contribution < -0.4 is 4.72 Å². The maximum Gasteiger partial charge on any atom is 0.242 e. The molecule has 1 aromatic rings. The summed E-state index contributed by atoms with van der Waals surface area (Å²) in [7, 11) is -3.50. The molecule has 7 heteroatoms. The molecule has 0 spiro atoms. The third-order valence-electron chi connectivity index (χ3n) is 1.34. The van der Waals surface area contributed by atoms with Crippen LogP contribution in [0.3, 0.4) is 0 Å². The molecule has 0 heterocycles. The molecule has 0 amide bonds. The average Bonchev–Trinajstić information content (AvgIpc) is 2.10. The summed E-state index contributed by atoms with van der Waals surface area (Å²) in [5, 5.41) is 0. The first-order chi connectivity index (χ1) is 6.44. The van der Waals surface area contributed by atoms with Gasteiger partial charge in [0, 0.05) is 4.47 Å². The number of rotatable bonds is 3. The fourth-order valence-electron chi connectivity index (χ4n) is 0.767. The largest absolute Gasteiger partial charge is 0.280 e. The Morgan fingerprint density at radius 2 is 2.07 bits per heavy atom. The number of benzene rings is 1. The smallest absolute Gasteiger partial charge is 0.242 e. The van der Waals surface area contributed by atoms with Crippen molar-refractivity contribution < 1.29 is 12.8 Å². The van der Waals surface area contributed by atoms with E-state index in [1.54, 1.807) is 6.07 Å². The summed E-state index contributed by atoms with van der Waals surface area (Å²) in [4.78, 5) is 0. The number of hydrogen-bond acceptors (Lipinski definition) is 2. The first-order valence-electron chi connectivity index (χ1n) is 3.46. The van der Waals surface area contributed by atoms with E-state index in [4.69, 9.17) is 0 Å². The van der Waals surface area contributed by atoms with Crippen LogP contribution in [0.25, 0.3) is 0 Å². The molecule has 3 nitrogen and oxygen atoms in total.